The smallest absolute Gasteiger partial charge is 0.310 e. The van der Waals surface area contributed by atoms with E-state index in [0.29, 0.717) is 18.0 Å². The average Bonchev–Trinajstić information content (AvgIpc) is 2.79. The number of carbonyl (C=O) groups excluding carboxylic acids is 2. The minimum atomic E-state index is -3.91. The van der Waals surface area contributed by atoms with Gasteiger partial charge in [-0.3, -0.25) is 13.9 Å². The van der Waals surface area contributed by atoms with Gasteiger partial charge in [-0.05, 0) is 54.4 Å². The average molecular weight is 467 g/mol. The number of ether oxygens (including phenoxy) is 1. The molecule has 0 aliphatic rings. The van der Waals surface area contributed by atoms with Gasteiger partial charge in [-0.2, -0.15) is 0 Å². The largest absolute Gasteiger partial charge is 0.466 e. The van der Waals surface area contributed by atoms with E-state index >= 15 is 0 Å². The molecule has 0 atom stereocenters. The molecular weight excluding hydrogens is 440 g/mol. The molecule has 1 amide bonds. The van der Waals surface area contributed by atoms with Crippen LogP contribution in [0.5, 0.6) is 0 Å². The van der Waals surface area contributed by atoms with Gasteiger partial charge in [-0.25, -0.2) is 8.42 Å². The van der Waals surface area contributed by atoms with E-state index in [2.05, 4.69) is 5.32 Å². The zero-order chi connectivity index (χ0) is 23.8. The molecule has 8 heteroatoms. The molecule has 1 N–H and O–H groups in total. The Morgan fingerprint density at radius 3 is 2.09 bits per heavy atom. The van der Waals surface area contributed by atoms with Crippen LogP contribution in [0.2, 0.25) is 0 Å². The Balaban J connectivity index is 1.94. The fraction of sp³-hybridized carbons (Fsp3) is 0.200. The van der Waals surface area contributed by atoms with Crippen molar-refractivity contribution in [3.63, 3.8) is 0 Å². The Morgan fingerprint density at radius 2 is 1.52 bits per heavy atom. The molecule has 0 aliphatic carbocycles. The van der Waals surface area contributed by atoms with Crippen LogP contribution in [0.4, 0.5) is 11.4 Å². The number of hydrogen-bond donors (Lipinski definition) is 1. The van der Waals surface area contributed by atoms with Gasteiger partial charge in [0.25, 0.3) is 10.0 Å². The third-order valence-electron chi connectivity index (χ3n) is 4.81. The highest BCUT2D eigenvalue weighted by Crippen LogP contribution is 2.27. The fourth-order valence-corrected chi connectivity index (χ4v) is 4.72. The topological polar surface area (TPSA) is 92.8 Å². The van der Waals surface area contributed by atoms with Crippen molar-refractivity contribution < 1.29 is 22.7 Å². The Bertz CT molecular complexity index is 1190. The van der Waals surface area contributed by atoms with Gasteiger partial charge in [0.05, 0.1) is 30.2 Å². The number of carbonyl (C=O) groups is 2. The van der Waals surface area contributed by atoms with Crippen molar-refractivity contribution in [2.45, 2.75) is 31.7 Å². The highest BCUT2D eigenvalue weighted by molar-refractivity contribution is 7.92. The van der Waals surface area contributed by atoms with E-state index in [0.717, 1.165) is 11.1 Å². The lowest BCUT2D eigenvalue weighted by Gasteiger charge is -2.25. The van der Waals surface area contributed by atoms with E-state index in [-0.39, 0.29) is 29.7 Å². The first-order chi connectivity index (χ1) is 15.8. The minimum absolute atomic E-state index is 0.100. The van der Waals surface area contributed by atoms with Crippen LogP contribution in [0.1, 0.15) is 25.0 Å². The zero-order valence-electron chi connectivity index (χ0n) is 18.5. The molecule has 0 aromatic heterocycles. The van der Waals surface area contributed by atoms with E-state index in [1.807, 2.05) is 30.3 Å². The van der Waals surface area contributed by atoms with Crippen molar-refractivity contribution in [3.8, 4) is 0 Å². The van der Waals surface area contributed by atoms with Gasteiger partial charge in [0.2, 0.25) is 5.91 Å². The maximum absolute atomic E-state index is 13.6. The van der Waals surface area contributed by atoms with E-state index in [4.69, 9.17) is 4.74 Å². The molecule has 0 unspecified atom stereocenters. The van der Waals surface area contributed by atoms with Crippen molar-refractivity contribution in [3.05, 3.63) is 90.0 Å². The van der Waals surface area contributed by atoms with Gasteiger partial charge in [-0.15, -0.1) is 0 Å². The molecule has 3 rings (SSSR count). The van der Waals surface area contributed by atoms with Gasteiger partial charge >= 0.3 is 5.97 Å². The molecule has 33 heavy (non-hydrogen) atoms. The van der Waals surface area contributed by atoms with Crippen LogP contribution in [-0.4, -0.2) is 26.9 Å². The molecule has 3 aromatic carbocycles. The summed E-state index contributed by atoms with van der Waals surface area (Å²) in [5.41, 5.74) is 2.54. The lowest BCUT2D eigenvalue weighted by molar-refractivity contribution is -0.142. The molecule has 0 bridgehead atoms. The molecule has 0 fully saturated rings. The molecule has 0 aliphatic heterocycles. The highest BCUT2D eigenvalue weighted by Gasteiger charge is 2.25. The van der Waals surface area contributed by atoms with Crippen molar-refractivity contribution in [2.24, 2.45) is 0 Å². The monoisotopic (exact) mass is 466 g/mol. The lowest BCUT2D eigenvalue weighted by Crippen LogP contribution is -2.30. The molecule has 0 heterocycles. The Hall–Kier alpha value is -3.65. The Kier molecular flexibility index (Phi) is 7.84. The maximum Gasteiger partial charge on any atom is 0.310 e. The summed E-state index contributed by atoms with van der Waals surface area (Å²) >= 11 is 0. The second-order valence-corrected chi connectivity index (χ2v) is 9.21. The second-order valence-electron chi connectivity index (χ2n) is 7.35. The van der Waals surface area contributed by atoms with Crippen molar-refractivity contribution in [1.82, 2.24) is 0 Å². The van der Waals surface area contributed by atoms with Crippen molar-refractivity contribution in [2.75, 3.05) is 16.2 Å². The first-order valence-corrected chi connectivity index (χ1v) is 11.9. The van der Waals surface area contributed by atoms with E-state index < -0.39 is 10.0 Å². The van der Waals surface area contributed by atoms with E-state index in [1.54, 1.807) is 43.3 Å². The Labute approximate surface area is 194 Å². The number of amides is 1. The second kappa shape index (κ2) is 10.8. The molecule has 0 saturated heterocycles. The molecule has 0 radical (unpaired) electrons. The number of esters is 1. The molecule has 7 nitrogen and oxygen atoms in total. The first-order valence-electron chi connectivity index (χ1n) is 10.5. The fourth-order valence-electron chi connectivity index (χ4n) is 3.26. The molecule has 0 spiro atoms. The number of rotatable bonds is 9. The number of nitrogens with one attached hydrogen (secondary N) is 1. The summed E-state index contributed by atoms with van der Waals surface area (Å²) < 4.78 is 33.5. The van der Waals surface area contributed by atoms with E-state index in [9.17, 15) is 18.0 Å². The van der Waals surface area contributed by atoms with Gasteiger partial charge in [0.15, 0.2) is 0 Å². The molecular formula is C25H26N2O5S. The van der Waals surface area contributed by atoms with Gasteiger partial charge < -0.3 is 10.1 Å². The summed E-state index contributed by atoms with van der Waals surface area (Å²) in [6, 6.07) is 22.1. The maximum atomic E-state index is 13.6. The summed E-state index contributed by atoms with van der Waals surface area (Å²) in [5, 5.41) is 2.63. The summed E-state index contributed by atoms with van der Waals surface area (Å²) in [6.07, 6.45) is 0.115. The summed E-state index contributed by atoms with van der Waals surface area (Å²) in [6.45, 7) is 3.57. The molecule has 172 valence electrons. The quantitative estimate of drug-likeness (QED) is 0.479. The number of anilines is 2. The first kappa shape index (κ1) is 24.0. The predicted molar refractivity (Wildman–Crippen MR) is 127 cm³/mol. The Morgan fingerprint density at radius 1 is 0.879 bits per heavy atom. The van der Waals surface area contributed by atoms with Crippen molar-refractivity contribution >= 4 is 33.3 Å². The van der Waals surface area contributed by atoms with Crippen LogP contribution < -0.4 is 9.62 Å². The zero-order valence-corrected chi connectivity index (χ0v) is 19.3. The number of benzene rings is 3. The molecule has 3 aromatic rings. The van der Waals surface area contributed by atoms with Gasteiger partial charge in [0.1, 0.15) is 0 Å². The van der Waals surface area contributed by atoms with Gasteiger partial charge in [-0.1, -0.05) is 42.5 Å². The van der Waals surface area contributed by atoms with Crippen molar-refractivity contribution in [1.29, 1.82) is 0 Å². The normalized spacial score (nSPS) is 11.0. The summed E-state index contributed by atoms with van der Waals surface area (Å²) in [7, 11) is -3.91. The standard InChI is InChI=1S/C25H26N2O5S/c1-3-32-25(29)17-20-9-13-23(14-10-20)27(18-21-7-5-4-6-8-21)33(30,31)24-15-11-22(12-16-24)26-19(2)28/h4-16H,3,17-18H2,1-2H3,(H,26,28). The number of nitrogens with zero attached hydrogens (tertiary/aromatic N) is 1. The number of sulfonamides is 1. The lowest BCUT2D eigenvalue weighted by atomic mass is 10.1. The molecule has 0 saturated carbocycles. The minimum Gasteiger partial charge on any atom is -0.466 e. The third kappa shape index (κ3) is 6.43. The van der Waals surface area contributed by atoms with Crippen LogP contribution in [0.3, 0.4) is 0 Å². The highest BCUT2D eigenvalue weighted by atomic mass is 32.2. The number of hydrogen-bond acceptors (Lipinski definition) is 5. The summed E-state index contributed by atoms with van der Waals surface area (Å²) in [5.74, 6) is -0.572. The van der Waals surface area contributed by atoms with E-state index in [1.165, 1.54) is 23.4 Å². The van der Waals surface area contributed by atoms with Gasteiger partial charge in [0, 0.05) is 12.6 Å². The third-order valence-corrected chi connectivity index (χ3v) is 6.60. The van der Waals surface area contributed by atoms with Crippen LogP contribution in [0.15, 0.2) is 83.8 Å². The summed E-state index contributed by atoms with van der Waals surface area (Å²) in [4.78, 5) is 23.1. The van der Waals surface area contributed by atoms with Crippen LogP contribution >= 0.6 is 0 Å². The van der Waals surface area contributed by atoms with Crippen LogP contribution in [0, 0.1) is 0 Å². The predicted octanol–water partition coefficient (Wildman–Crippen LogP) is 4.15. The SMILES string of the molecule is CCOC(=O)Cc1ccc(N(Cc2ccccc2)S(=O)(=O)c2ccc(NC(C)=O)cc2)cc1. The van der Waals surface area contributed by atoms with Crippen LogP contribution in [0.25, 0.3) is 0 Å². The van der Waals surface area contributed by atoms with Crippen LogP contribution in [-0.2, 0) is 37.3 Å².